The molecule has 3 heteroatoms. The molecule has 0 radical (unpaired) electrons. The van der Waals surface area contributed by atoms with E-state index in [0.29, 0.717) is 0 Å². The van der Waals surface area contributed by atoms with E-state index >= 15 is 0 Å². The summed E-state index contributed by atoms with van der Waals surface area (Å²) in [5.74, 6) is 0. The molecule has 0 bridgehead atoms. The first-order chi connectivity index (χ1) is 29.2. The molecule has 0 amide bonds. The molecule has 0 N–H and O–H groups in total. The van der Waals surface area contributed by atoms with Crippen molar-refractivity contribution in [3.05, 3.63) is 194 Å². The largest absolute Gasteiger partial charge is 0.456 e. The lowest BCUT2D eigenvalue weighted by atomic mass is 9.89. The SMILES string of the molecule is c1ccc(-c2cccc(-c3nc4ccccc4nc3-c3ccc4c5ccccc5c5ccc(-c6ccc7c(c6)c6cccc8oc9cccc7c9c86)cc5c4c3)c2)cc1. The Hall–Kier alpha value is -7.88. The van der Waals surface area contributed by atoms with E-state index < -0.39 is 0 Å². The molecule has 0 spiro atoms. The number of para-hydroxylation sites is 2. The van der Waals surface area contributed by atoms with Gasteiger partial charge in [0.2, 0.25) is 0 Å². The van der Waals surface area contributed by atoms with Crippen molar-refractivity contribution in [2.75, 3.05) is 0 Å². The molecule has 0 saturated heterocycles. The third-order valence-corrected chi connectivity index (χ3v) is 12.4. The second kappa shape index (κ2) is 12.3. The van der Waals surface area contributed by atoms with Gasteiger partial charge in [0, 0.05) is 21.9 Å². The average molecular weight is 749 g/mol. The zero-order chi connectivity index (χ0) is 38.6. The van der Waals surface area contributed by atoms with Crippen LogP contribution >= 0.6 is 0 Å². The van der Waals surface area contributed by atoms with Gasteiger partial charge in [0.15, 0.2) is 0 Å². The average Bonchev–Trinajstić information content (AvgIpc) is 3.70. The van der Waals surface area contributed by atoms with E-state index in [1.807, 2.05) is 18.2 Å². The lowest BCUT2D eigenvalue weighted by molar-refractivity contribution is 0.669. The van der Waals surface area contributed by atoms with Gasteiger partial charge in [0.05, 0.1) is 22.4 Å². The lowest BCUT2D eigenvalue weighted by Crippen LogP contribution is -1.96. The Bertz CT molecular complexity index is 3840. The number of benzene rings is 11. The van der Waals surface area contributed by atoms with Crippen LogP contribution in [-0.2, 0) is 0 Å². The van der Waals surface area contributed by atoms with Crippen LogP contribution in [0.4, 0.5) is 0 Å². The Morgan fingerprint density at radius 2 is 0.644 bits per heavy atom. The predicted molar refractivity (Wildman–Crippen MR) is 247 cm³/mol. The van der Waals surface area contributed by atoms with E-state index in [4.69, 9.17) is 14.4 Å². The van der Waals surface area contributed by atoms with Crippen molar-refractivity contribution in [1.29, 1.82) is 0 Å². The molecule has 272 valence electrons. The van der Waals surface area contributed by atoms with Crippen LogP contribution in [0.5, 0.6) is 0 Å². The maximum Gasteiger partial charge on any atom is 0.136 e. The molecule has 13 rings (SSSR count). The number of nitrogens with zero attached hydrogens (tertiary/aromatic N) is 2. The zero-order valence-corrected chi connectivity index (χ0v) is 31.8. The first kappa shape index (κ1) is 32.2. The van der Waals surface area contributed by atoms with Crippen LogP contribution < -0.4 is 0 Å². The van der Waals surface area contributed by atoms with Crippen molar-refractivity contribution < 1.29 is 4.42 Å². The standard InChI is InChI=1S/C56H32N2O/c1-2-11-33(12-3-1)34-13-8-14-37(29-34)55-56(58-50-20-7-6-19-49(50)57-55)38-25-28-42-40-16-5-4-15-39(40)41-26-23-36(31-47(41)48(42)32-38)35-24-27-43-44-17-9-21-51-53(44)54-45(46(43)30-35)18-10-22-52(54)59-51/h1-32H. The highest BCUT2D eigenvalue weighted by Gasteiger charge is 2.19. The van der Waals surface area contributed by atoms with Gasteiger partial charge >= 0.3 is 0 Å². The van der Waals surface area contributed by atoms with Crippen molar-refractivity contribution in [3.63, 3.8) is 0 Å². The Kier molecular flexibility index (Phi) is 6.72. The summed E-state index contributed by atoms with van der Waals surface area (Å²) in [5, 5.41) is 14.7. The first-order valence-electron chi connectivity index (χ1n) is 20.1. The Labute approximate surface area is 338 Å². The van der Waals surface area contributed by atoms with Gasteiger partial charge in [-0.2, -0.15) is 0 Å². The van der Waals surface area contributed by atoms with Crippen LogP contribution in [0, 0.1) is 0 Å². The number of aromatic nitrogens is 2. The summed E-state index contributed by atoms with van der Waals surface area (Å²) < 4.78 is 6.33. The summed E-state index contributed by atoms with van der Waals surface area (Å²) in [6.45, 7) is 0. The molecule has 59 heavy (non-hydrogen) atoms. The molecule has 2 heterocycles. The number of hydrogen-bond donors (Lipinski definition) is 0. The van der Waals surface area contributed by atoms with Crippen LogP contribution in [0.3, 0.4) is 0 Å². The lowest BCUT2D eigenvalue weighted by Gasteiger charge is -2.15. The summed E-state index contributed by atoms with van der Waals surface area (Å²) in [5.41, 5.74) is 12.1. The van der Waals surface area contributed by atoms with E-state index in [1.165, 1.54) is 81.3 Å². The second-order valence-corrected chi connectivity index (χ2v) is 15.6. The highest BCUT2D eigenvalue weighted by molar-refractivity contribution is 6.33. The Morgan fingerprint density at radius 1 is 0.254 bits per heavy atom. The molecule has 0 aliphatic carbocycles. The molecular weight excluding hydrogens is 717 g/mol. The van der Waals surface area contributed by atoms with Crippen molar-refractivity contribution >= 4 is 86.8 Å². The molecule has 0 atom stereocenters. The highest BCUT2D eigenvalue weighted by Crippen LogP contribution is 2.45. The van der Waals surface area contributed by atoms with Crippen LogP contribution in [0.2, 0.25) is 0 Å². The minimum Gasteiger partial charge on any atom is -0.456 e. The Balaban J connectivity index is 1.05. The minimum atomic E-state index is 0.866. The second-order valence-electron chi connectivity index (χ2n) is 15.6. The summed E-state index contributed by atoms with van der Waals surface area (Å²) in [4.78, 5) is 10.7. The molecule has 13 aromatic rings. The number of furan rings is 1. The van der Waals surface area contributed by atoms with E-state index in [-0.39, 0.29) is 0 Å². The molecule has 0 saturated carbocycles. The van der Waals surface area contributed by atoms with Crippen LogP contribution in [0.15, 0.2) is 199 Å². The maximum atomic E-state index is 6.33. The molecule has 0 unspecified atom stereocenters. The fourth-order valence-electron chi connectivity index (χ4n) is 9.66. The van der Waals surface area contributed by atoms with E-state index in [9.17, 15) is 0 Å². The van der Waals surface area contributed by atoms with Gasteiger partial charge < -0.3 is 4.42 Å². The fourth-order valence-corrected chi connectivity index (χ4v) is 9.66. The Morgan fingerprint density at radius 3 is 1.27 bits per heavy atom. The van der Waals surface area contributed by atoms with Crippen molar-refractivity contribution in [1.82, 2.24) is 9.97 Å². The first-order valence-corrected chi connectivity index (χ1v) is 20.1. The third-order valence-electron chi connectivity index (χ3n) is 12.4. The van der Waals surface area contributed by atoms with E-state index in [1.54, 1.807) is 0 Å². The van der Waals surface area contributed by atoms with Gasteiger partial charge in [0.25, 0.3) is 0 Å². The van der Waals surface area contributed by atoms with Gasteiger partial charge in [0.1, 0.15) is 11.2 Å². The van der Waals surface area contributed by atoms with Gasteiger partial charge in [-0.25, -0.2) is 9.97 Å². The maximum absolute atomic E-state index is 6.33. The topological polar surface area (TPSA) is 38.9 Å². The quantitative estimate of drug-likeness (QED) is 0.168. The molecular formula is C56H32N2O. The highest BCUT2D eigenvalue weighted by atomic mass is 16.3. The smallest absolute Gasteiger partial charge is 0.136 e. The van der Waals surface area contributed by atoms with Gasteiger partial charge in [-0.1, -0.05) is 146 Å². The van der Waals surface area contributed by atoms with Crippen LogP contribution in [0.1, 0.15) is 0 Å². The zero-order valence-electron chi connectivity index (χ0n) is 31.8. The van der Waals surface area contributed by atoms with Crippen LogP contribution in [-0.4, -0.2) is 9.97 Å². The summed E-state index contributed by atoms with van der Waals surface area (Å²) >= 11 is 0. The predicted octanol–water partition coefficient (Wildman–Crippen LogP) is 15.4. The third kappa shape index (κ3) is 4.82. The van der Waals surface area contributed by atoms with Crippen molar-refractivity contribution in [2.45, 2.75) is 0 Å². The van der Waals surface area contributed by atoms with Crippen LogP contribution in [0.25, 0.3) is 132 Å². The number of rotatable bonds is 4. The summed E-state index contributed by atoms with van der Waals surface area (Å²) in [6.07, 6.45) is 0. The normalized spacial score (nSPS) is 12.1. The molecule has 3 nitrogen and oxygen atoms in total. The fraction of sp³-hybridized carbons (Fsp3) is 0. The van der Waals surface area contributed by atoms with Crippen molar-refractivity contribution in [3.8, 4) is 44.8 Å². The van der Waals surface area contributed by atoms with E-state index in [2.05, 4.69) is 176 Å². The number of hydrogen-bond acceptors (Lipinski definition) is 3. The molecule has 0 fully saturated rings. The number of fused-ring (bicyclic) bond motifs is 10. The molecule has 2 aromatic heterocycles. The molecule has 0 aliphatic rings. The molecule has 0 aliphatic heterocycles. The van der Waals surface area contributed by atoms with Crippen molar-refractivity contribution in [2.24, 2.45) is 0 Å². The monoisotopic (exact) mass is 748 g/mol. The minimum absolute atomic E-state index is 0.866. The van der Waals surface area contributed by atoms with Gasteiger partial charge in [-0.15, -0.1) is 0 Å². The van der Waals surface area contributed by atoms with E-state index in [0.717, 1.165) is 50.3 Å². The van der Waals surface area contributed by atoms with Gasteiger partial charge in [-0.05, 0) is 125 Å². The summed E-state index contributed by atoms with van der Waals surface area (Å²) in [7, 11) is 0. The summed E-state index contributed by atoms with van der Waals surface area (Å²) in [6, 6.07) is 69.7. The molecule has 11 aromatic carbocycles. The van der Waals surface area contributed by atoms with Gasteiger partial charge in [-0.3, -0.25) is 0 Å².